The predicted molar refractivity (Wildman–Crippen MR) is 94.7 cm³/mol. The van der Waals surface area contributed by atoms with Gasteiger partial charge in [-0.25, -0.2) is 9.67 Å². The van der Waals surface area contributed by atoms with Gasteiger partial charge in [-0.3, -0.25) is 0 Å². The maximum atomic E-state index is 13.3. The summed E-state index contributed by atoms with van der Waals surface area (Å²) in [6, 6.07) is 8.85. The summed E-state index contributed by atoms with van der Waals surface area (Å²) in [5.74, 6) is -0.366. The molecule has 0 bridgehead atoms. The van der Waals surface area contributed by atoms with E-state index in [1.807, 2.05) is 6.92 Å². The van der Waals surface area contributed by atoms with E-state index in [4.69, 9.17) is 16.3 Å². The van der Waals surface area contributed by atoms with E-state index >= 15 is 0 Å². The highest BCUT2D eigenvalue weighted by molar-refractivity contribution is 6.32. The topological polar surface area (TPSA) is 66.0 Å². The van der Waals surface area contributed by atoms with Crippen molar-refractivity contribution in [2.24, 2.45) is 0 Å². The minimum absolute atomic E-state index is 0.0353. The fourth-order valence-electron chi connectivity index (χ4n) is 2.89. The van der Waals surface area contributed by atoms with E-state index in [0.717, 1.165) is 16.3 Å². The number of fused-ring (bicyclic) bond motifs is 1. The molecule has 0 fully saturated rings. The second-order valence-electron chi connectivity index (χ2n) is 6.15. The van der Waals surface area contributed by atoms with Crippen molar-refractivity contribution in [3.8, 4) is 5.82 Å². The van der Waals surface area contributed by atoms with Crippen molar-refractivity contribution in [3.63, 3.8) is 0 Å². The number of alkyl halides is 3. The van der Waals surface area contributed by atoms with Crippen LogP contribution in [0, 0.1) is 12.1 Å². The van der Waals surface area contributed by atoms with Gasteiger partial charge in [-0.2, -0.15) is 18.3 Å². The number of aryl methyl sites for hydroxylation is 1. The van der Waals surface area contributed by atoms with Crippen molar-refractivity contribution in [2.45, 2.75) is 19.7 Å². The van der Waals surface area contributed by atoms with Crippen LogP contribution >= 0.6 is 11.6 Å². The number of hydrogen-bond donors (Lipinski definition) is 0. The third-order valence-corrected chi connectivity index (χ3v) is 4.46. The van der Waals surface area contributed by atoms with Crippen LogP contribution in [0.2, 0.25) is 5.02 Å². The monoisotopic (exact) mass is 408 g/mol. The van der Waals surface area contributed by atoms with Crippen LogP contribution in [0.25, 0.3) is 5.82 Å². The summed E-state index contributed by atoms with van der Waals surface area (Å²) in [6.07, 6.45) is -3.36. The number of aromatic nitrogens is 3. The summed E-state index contributed by atoms with van der Waals surface area (Å²) in [6.45, 7) is 1.90. The fraction of sp³-hybridized carbons (Fsp3) is 0.167. The SMILES string of the molecule is Cc1ccc2c(c1)COC(c1cc(C(F)(F)F)nn1-c1ncccc1Cl)=[N+]2[O-]. The molecule has 0 unspecified atom stereocenters. The average molecular weight is 409 g/mol. The number of ether oxygens (including phenoxy) is 1. The van der Waals surface area contributed by atoms with Gasteiger partial charge >= 0.3 is 12.1 Å². The summed E-state index contributed by atoms with van der Waals surface area (Å²) >= 11 is 6.08. The highest BCUT2D eigenvalue weighted by atomic mass is 35.5. The van der Waals surface area contributed by atoms with Gasteiger partial charge in [-0.15, -0.1) is 4.74 Å². The molecule has 144 valence electrons. The number of pyridine rings is 1. The largest absolute Gasteiger partial charge is 0.616 e. The Morgan fingerprint density at radius 3 is 2.75 bits per heavy atom. The fourth-order valence-corrected chi connectivity index (χ4v) is 3.09. The lowest BCUT2D eigenvalue weighted by Gasteiger charge is -2.19. The molecule has 0 aliphatic carbocycles. The molecule has 1 aliphatic rings. The Labute approximate surface area is 162 Å². The molecule has 0 amide bonds. The van der Waals surface area contributed by atoms with Gasteiger partial charge in [0.05, 0.1) is 10.6 Å². The maximum absolute atomic E-state index is 13.3. The van der Waals surface area contributed by atoms with Crippen LogP contribution in [0.4, 0.5) is 18.9 Å². The maximum Gasteiger partial charge on any atom is 0.435 e. The normalized spacial score (nSPS) is 14.0. The van der Waals surface area contributed by atoms with Gasteiger partial charge in [-0.05, 0) is 25.1 Å². The number of hydrogen-bond acceptors (Lipinski definition) is 4. The Bertz CT molecular complexity index is 1110. The van der Waals surface area contributed by atoms with Crippen molar-refractivity contribution in [1.29, 1.82) is 0 Å². The third kappa shape index (κ3) is 3.07. The van der Waals surface area contributed by atoms with Gasteiger partial charge in [-0.1, -0.05) is 23.2 Å². The zero-order valence-electron chi connectivity index (χ0n) is 14.4. The summed E-state index contributed by atoms with van der Waals surface area (Å²) in [5, 5.41) is 16.5. The molecule has 0 radical (unpaired) electrons. The average Bonchev–Trinajstić information content (AvgIpc) is 3.07. The standard InChI is InChI=1S/C18H12ClF3N4O2/c1-10-4-5-13-11(7-10)9-28-17(26(13)27)14-8-15(18(20,21)22)24-25(14)16-12(19)3-2-6-23-16/h2-8H,9H2,1H3. The smallest absolute Gasteiger partial charge is 0.435 e. The zero-order valence-corrected chi connectivity index (χ0v) is 15.1. The Hall–Kier alpha value is -3.07. The molecule has 4 rings (SSSR count). The van der Waals surface area contributed by atoms with Crippen LogP contribution in [0.1, 0.15) is 22.5 Å². The third-order valence-electron chi connectivity index (χ3n) is 4.16. The molecule has 0 N–H and O–H groups in total. The number of halogens is 4. The van der Waals surface area contributed by atoms with Crippen LogP contribution in [-0.4, -0.2) is 25.4 Å². The zero-order chi connectivity index (χ0) is 20.1. The van der Waals surface area contributed by atoms with E-state index in [-0.39, 0.29) is 29.0 Å². The molecule has 0 saturated heterocycles. The summed E-state index contributed by atoms with van der Waals surface area (Å²) in [4.78, 5) is 3.99. The molecule has 2 aromatic heterocycles. The number of rotatable bonds is 2. The molecular formula is C18H12ClF3N4O2. The van der Waals surface area contributed by atoms with E-state index in [9.17, 15) is 18.4 Å². The van der Waals surface area contributed by atoms with Gasteiger partial charge in [0.1, 0.15) is 6.61 Å². The lowest BCUT2D eigenvalue weighted by molar-refractivity contribution is -0.379. The van der Waals surface area contributed by atoms with Crippen molar-refractivity contribution < 1.29 is 22.6 Å². The molecule has 0 saturated carbocycles. The van der Waals surface area contributed by atoms with Gasteiger partial charge in [0.2, 0.25) is 5.69 Å². The van der Waals surface area contributed by atoms with Crippen LogP contribution in [0.15, 0.2) is 42.6 Å². The van der Waals surface area contributed by atoms with E-state index < -0.39 is 11.9 Å². The first-order valence-corrected chi connectivity index (χ1v) is 8.48. The second-order valence-corrected chi connectivity index (χ2v) is 6.56. The van der Waals surface area contributed by atoms with E-state index in [1.54, 1.807) is 18.2 Å². The minimum atomic E-state index is -4.72. The number of nitrogens with zero attached hydrogens (tertiary/aromatic N) is 4. The van der Waals surface area contributed by atoms with Crippen LogP contribution in [-0.2, 0) is 17.5 Å². The highest BCUT2D eigenvalue weighted by Crippen LogP contribution is 2.32. The molecule has 10 heteroatoms. The molecule has 6 nitrogen and oxygen atoms in total. The Morgan fingerprint density at radius 2 is 2.04 bits per heavy atom. The van der Waals surface area contributed by atoms with Gasteiger partial charge in [0.15, 0.2) is 17.2 Å². The molecule has 0 atom stereocenters. The highest BCUT2D eigenvalue weighted by Gasteiger charge is 2.39. The van der Waals surface area contributed by atoms with Crippen molar-refractivity contribution in [1.82, 2.24) is 14.8 Å². The van der Waals surface area contributed by atoms with Gasteiger partial charge in [0, 0.05) is 18.3 Å². The molecule has 0 spiro atoms. The van der Waals surface area contributed by atoms with E-state index in [1.165, 1.54) is 18.3 Å². The predicted octanol–water partition coefficient (Wildman–Crippen LogP) is 4.37. The summed E-state index contributed by atoms with van der Waals surface area (Å²) in [7, 11) is 0. The quantitative estimate of drug-likeness (QED) is 0.466. The molecule has 28 heavy (non-hydrogen) atoms. The van der Waals surface area contributed by atoms with Crippen molar-refractivity contribution in [3.05, 3.63) is 75.3 Å². The lowest BCUT2D eigenvalue weighted by atomic mass is 10.1. The summed E-state index contributed by atoms with van der Waals surface area (Å²) in [5.41, 5.74) is 0.471. The molecule has 1 aliphatic heterocycles. The lowest BCUT2D eigenvalue weighted by Crippen LogP contribution is -2.25. The first kappa shape index (κ1) is 18.3. The number of benzene rings is 1. The van der Waals surface area contributed by atoms with Crippen LogP contribution in [0.3, 0.4) is 0 Å². The van der Waals surface area contributed by atoms with Crippen molar-refractivity contribution >= 4 is 23.2 Å². The van der Waals surface area contributed by atoms with Gasteiger partial charge < -0.3 is 9.94 Å². The van der Waals surface area contributed by atoms with Crippen LogP contribution in [0.5, 0.6) is 0 Å². The van der Waals surface area contributed by atoms with Crippen molar-refractivity contribution in [2.75, 3.05) is 0 Å². The Balaban J connectivity index is 1.95. The summed E-state index contributed by atoms with van der Waals surface area (Å²) < 4.78 is 46.7. The van der Waals surface area contributed by atoms with E-state index in [2.05, 4.69) is 10.1 Å². The molecule has 1 aromatic carbocycles. The minimum Gasteiger partial charge on any atom is -0.616 e. The Morgan fingerprint density at radius 1 is 1.25 bits per heavy atom. The molecule has 3 heterocycles. The van der Waals surface area contributed by atoms with Crippen LogP contribution < -0.4 is 0 Å². The second kappa shape index (κ2) is 6.52. The van der Waals surface area contributed by atoms with Gasteiger partial charge in [0.25, 0.3) is 0 Å². The van der Waals surface area contributed by atoms with E-state index in [0.29, 0.717) is 16.0 Å². The molecule has 3 aromatic rings. The first-order valence-electron chi connectivity index (χ1n) is 8.11. The Kier molecular flexibility index (Phi) is 4.26. The molecular weight excluding hydrogens is 397 g/mol. The first-order chi connectivity index (χ1) is 13.3.